The van der Waals surface area contributed by atoms with Crippen LogP contribution in [0.15, 0.2) is 29.8 Å². The molecule has 1 aliphatic rings. The Bertz CT molecular complexity index is 1140. The lowest BCUT2D eigenvalue weighted by molar-refractivity contribution is -0.745. The number of aliphatic hydroxyl groups is 2. The van der Waals surface area contributed by atoms with Gasteiger partial charge in [0.05, 0.1) is 13.7 Å². The third-order valence-electron chi connectivity index (χ3n) is 4.58. The van der Waals surface area contributed by atoms with Gasteiger partial charge < -0.3 is 30.1 Å². The van der Waals surface area contributed by atoms with E-state index in [2.05, 4.69) is 15.0 Å². The van der Waals surface area contributed by atoms with Crippen molar-refractivity contribution in [3.05, 3.63) is 35.4 Å². The molecule has 4 rings (SSSR count). The summed E-state index contributed by atoms with van der Waals surface area (Å²) in [5, 5.41) is 20.7. The molecule has 29 heavy (non-hydrogen) atoms. The molecular formula is C14H18N7O7P. The molecule has 2 unspecified atom stereocenters. The summed E-state index contributed by atoms with van der Waals surface area (Å²) >= 11 is 0. The van der Waals surface area contributed by atoms with E-state index >= 15 is 0 Å². The molecule has 0 aliphatic carbocycles. The van der Waals surface area contributed by atoms with E-state index in [4.69, 9.17) is 15.0 Å². The van der Waals surface area contributed by atoms with E-state index in [1.807, 2.05) is 0 Å². The number of H-pyrrole nitrogens is 1. The van der Waals surface area contributed by atoms with Crippen molar-refractivity contribution < 1.29 is 33.5 Å². The second-order valence-corrected chi connectivity index (χ2v) is 8.17. The highest BCUT2D eigenvalue weighted by atomic mass is 31.2. The minimum absolute atomic E-state index is 0.125. The van der Waals surface area contributed by atoms with Gasteiger partial charge in [0.25, 0.3) is 11.5 Å². The highest BCUT2D eigenvalue weighted by Crippen LogP contribution is 2.39. The van der Waals surface area contributed by atoms with Crippen LogP contribution in [-0.2, 0) is 20.9 Å². The molecule has 3 aromatic heterocycles. The molecule has 5 atom stereocenters. The highest BCUT2D eigenvalue weighted by molar-refractivity contribution is 7.49. The Balaban J connectivity index is 1.59. The number of hydrogen-bond donors (Lipinski definition) is 4. The lowest BCUT2D eigenvalue weighted by atomic mass is 10.1. The van der Waals surface area contributed by atoms with Crippen LogP contribution in [0.25, 0.3) is 11.2 Å². The zero-order valence-electron chi connectivity index (χ0n) is 15.0. The summed E-state index contributed by atoms with van der Waals surface area (Å²) in [6.45, 7) is -0.546. The number of anilines is 1. The molecule has 5 N–H and O–H groups in total. The number of nitrogen functional groups attached to an aromatic ring is 1. The van der Waals surface area contributed by atoms with Gasteiger partial charge in [-0.1, -0.05) is 4.98 Å². The van der Waals surface area contributed by atoms with Crippen LogP contribution in [-0.4, -0.2) is 59.0 Å². The average molecular weight is 427 g/mol. The van der Waals surface area contributed by atoms with E-state index in [0.29, 0.717) is 0 Å². The van der Waals surface area contributed by atoms with Gasteiger partial charge in [0.15, 0.2) is 6.33 Å². The summed E-state index contributed by atoms with van der Waals surface area (Å²) in [6.07, 6.45) is -0.260. The number of rotatable bonds is 5. The van der Waals surface area contributed by atoms with E-state index < -0.39 is 44.5 Å². The van der Waals surface area contributed by atoms with Crippen molar-refractivity contribution in [2.24, 2.45) is 7.05 Å². The van der Waals surface area contributed by atoms with Crippen molar-refractivity contribution in [3.8, 4) is 0 Å². The number of aliphatic hydroxyl groups excluding tert-OH is 2. The molecule has 15 heteroatoms. The first-order chi connectivity index (χ1) is 13.7. The Kier molecular flexibility index (Phi) is 4.77. The Labute approximate surface area is 162 Å². The molecule has 4 heterocycles. The fourth-order valence-electron chi connectivity index (χ4n) is 3.18. The molecule has 0 radical (unpaired) electrons. The zero-order chi connectivity index (χ0) is 20.9. The predicted molar refractivity (Wildman–Crippen MR) is 93.0 cm³/mol. The van der Waals surface area contributed by atoms with Crippen molar-refractivity contribution in [1.82, 2.24) is 23.9 Å². The van der Waals surface area contributed by atoms with Crippen molar-refractivity contribution in [1.29, 1.82) is 0 Å². The minimum Gasteiger partial charge on any atom is -0.761 e. The predicted octanol–water partition coefficient (Wildman–Crippen LogP) is -3.02. The van der Waals surface area contributed by atoms with Crippen molar-refractivity contribution in [2.45, 2.75) is 24.5 Å². The van der Waals surface area contributed by atoms with Crippen LogP contribution in [0.5, 0.6) is 0 Å². The molecule has 3 aromatic rings. The zero-order valence-corrected chi connectivity index (χ0v) is 15.9. The van der Waals surface area contributed by atoms with Gasteiger partial charge in [-0.25, -0.2) is 9.55 Å². The number of hydrogen-bond acceptors (Lipinski definition) is 10. The summed E-state index contributed by atoms with van der Waals surface area (Å²) in [6, 6.07) is 0. The molecule has 1 fully saturated rings. The van der Waals surface area contributed by atoms with Crippen LogP contribution < -0.4 is 20.8 Å². The molecule has 1 aliphatic heterocycles. The Morgan fingerprint density at radius 1 is 1.48 bits per heavy atom. The van der Waals surface area contributed by atoms with E-state index in [9.17, 15) is 24.5 Å². The number of fused-ring (bicyclic) bond motifs is 1. The fraction of sp³-hybridized carbons (Fsp3) is 0.429. The van der Waals surface area contributed by atoms with Crippen LogP contribution in [0.4, 0.5) is 5.95 Å². The second kappa shape index (κ2) is 7.02. The van der Waals surface area contributed by atoms with E-state index in [1.165, 1.54) is 27.9 Å². The van der Waals surface area contributed by atoms with Crippen molar-refractivity contribution in [2.75, 3.05) is 12.3 Å². The lowest BCUT2D eigenvalue weighted by Gasteiger charge is -2.25. The Morgan fingerprint density at radius 3 is 2.93 bits per heavy atom. The third kappa shape index (κ3) is 3.35. The number of aryl methyl sites for hydroxylation is 1. The molecule has 156 valence electrons. The summed E-state index contributed by atoms with van der Waals surface area (Å²) in [5.41, 5.74) is 5.41. The SMILES string of the molecule is Cn1c[n+]([C@H]2O[C@@H](COP(=O)([O-])n3ccnc3)[C@@H](O)C2O)c2nc(N)[nH]c(=O)c21. The summed E-state index contributed by atoms with van der Waals surface area (Å²) in [4.78, 5) is 34.3. The Hall–Kier alpha value is -2.61. The molecule has 1 saturated heterocycles. The highest BCUT2D eigenvalue weighted by Gasteiger charge is 2.47. The summed E-state index contributed by atoms with van der Waals surface area (Å²) in [5.74, 6) is -0.136. The number of aromatic amines is 1. The summed E-state index contributed by atoms with van der Waals surface area (Å²) < 4.78 is 26.2. The van der Waals surface area contributed by atoms with Crippen molar-refractivity contribution >= 4 is 24.9 Å². The maximum atomic E-state index is 12.1. The summed E-state index contributed by atoms with van der Waals surface area (Å²) in [7, 11) is -2.90. The van der Waals surface area contributed by atoms with Crippen LogP contribution >= 0.6 is 7.75 Å². The lowest BCUT2D eigenvalue weighted by Crippen LogP contribution is -2.46. The van der Waals surface area contributed by atoms with E-state index in [-0.39, 0.29) is 17.1 Å². The fourth-order valence-corrected chi connectivity index (χ4v) is 4.06. The van der Waals surface area contributed by atoms with Gasteiger partial charge >= 0.3 is 5.65 Å². The van der Waals surface area contributed by atoms with Crippen LogP contribution in [0.1, 0.15) is 6.23 Å². The van der Waals surface area contributed by atoms with Gasteiger partial charge in [0.1, 0.15) is 24.6 Å². The first kappa shape index (κ1) is 19.7. The maximum absolute atomic E-state index is 12.1. The minimum atomic E-state index is -4.49. The molecule has 0 bridgehead atoms. The van der Waals surface area contributed by atoms with Crippen LogP contribution in [0.2, 0.25) is 0 Å². The number of nitrogens with zero attached hydrogens (tertiary/aromatic N) is 5. The molecule has 0 amide bonds. The number of ether oxygens (including phenoxy) is 1. The monoisotopic (exact) mass is 427 g/mol. The largest absolute Gasteiger partial charge is 0.761 e. The van der Waals surface area contributed by atoms with E-state index in [0.717, 1.165) is 10.7 Å². The number of imidazole rings is 2. The van der Waals surface area contributed by atoms with Gasteiger partial charge in [-0.15, -0.1) is 0 Å². The van der Waals surface area contributed by atoms with Gasteiger partial charge in [0, 0.05) is 12.4 Å². The molecule has 0 spiro atoms. The molecule has 0 aromatic carbocycles. The molecule has 14 nitrogen and oxygen atoms in total. The quantitative estimate of drug-likeness (QED) is 0.240. The first-order valence-electron chi connectivity index (χ1n) is 8.41. The maximum Gasteiger partial charge on any atom is 0.313 e. The standard InChI is InChI=1S/C14H18N7O7P/c1-19-6-21(11-8(19)12(24)18-14(15)17-11)13-10(23)9(22)7(28-13)4-27-29(25,26)20-3-2-16-5-20/h2-3,5-7,9-10,13,22-23H,4H2,1H3,(H3-,15,17,18,24,25,26)/t7-,9+,10?,13-/m0/s1. The topological polar surface area (TPSA) is 197 Å². The van der Waals surface area contributed by atoms with Crippen LogP contribution in [0, 0.1) is 0 Å². The number of nitrogens with two attached hydrogens (primary N) is 1. The molecule has 0 saturated carbocycles. The smallest absolute Gasteiger partial charge is 0.313 e. The first-order valence-corrected chi connectivity index (χ1v) is 9.90. The Morgan fingerprint density at radius 2 is 2.24 bits per heavy atom. The number of aromatic nitrogens is 6. The average Bonchev–Trinajstić information content (AvgIpc) is 3.35. The van der Waals surface area contributed by atoms with Gasteiger partial charge in [0.2, 0.25) is 19.5 Å². The molecular weight excluding hydrogens is 409 g/mol. The van der Waals surface area contributed by atoms with Gasteiger partial charge in [-0.05, 0) is 0 Å². The van der Waals surface area contributed by atoms with Gasteiger partial charge in [-0.3, -0.25) is 23.2 Å². The van der Waals surface area contributed by atoms with Crippen molar-refractivity contribution in [3.63, 3.8) is 0 Å². The third-order valence-corrected chi connectivity index (χ3v) is 5.85. The van der Waals surface area contributed by atoms with Crippen LogP contribution in [0.3, 0.4) is 0 Å². The number of nitrogens with one attached hydrogen (secondary N) is 1. The second-order valence-electron chi connectivity index (χ2n) is 6.51. The van der Waals surface area contributed by atoms with E-state index in [1.54, 1.807) is 7.05 Å². The normalized spacial score (nSPS) is 26.8. The van der Waals surface area contributed by atoms with Gasteiger partial charge in [-0.2, -0.15) is 0 Å².